The van der Waals surface area contributed by atoms with Crippen molar-refractivity contribution < 1.29 is 0 Å². The zero-order valence-corrected chi connectivity index (χ0v) is 31.5. The fourth-order valence-corrected chi connectivity index (χ4v) is 8.40. The highest BCUT2D eigenvalue weighted by Crippen LogP contribution is 2.48. The topological polar surface area (TPSA) is 3.24 Å². The predicted molar refractivity (Wildman–Crippen MR) is 243 cm³/mol. The molecule has 268 valence electrons. The van der Waals surface area contributed by atoms with Crippen LogP contribution in [0.2, 0.25) is 0 Å². The lowest BCUT2D eigenvalue weighted by Crippen LogP contribution is -2.12. The summed E-state index contributed by atoms with van der Waals surface area (Å²) in [6, 6.07) is 85.7. The number of benzene rings is 10. The van der Waals surface area contributed by atoms with Gasteiger partial charge in [-0.15, -0.1) is 0 Å². The molecule has 0 saturated heterocycles. The third kappa shape index (κ3) is 6.46. The normalized spacial score (nSPS) is 11.2. The quantitative estimate of drug-likeness (QED) is 0.151. The van der Waals surface area contributed by atoms with Gasteiger partial charge in [-0.1, -0.05) is 212 Å². The van der Waals surface area contributed by atoms with E-state index in [1.165, 1.54) is 60.5 Å². The molecule has 0 aliphatic carbocycles. The van der Waals surface area contributed by atoms with E-state index >= 15 is 0 Å². The van der Waals surface area contributed by atoms with Crippen molar-refractivity contribution in [2.45, 2.75) is 0 Å². The average molecular weight is 726 g/mol. The van der Waals surface area contributed by atoms with E-state index in [0.29, 0.717) is 0 Å². The van der Waals surface area contributed by atoms with Gasteiger partial charge >= 0.3 is 0 Å². The summed E-state index contributed by atoms with van der Waals surface area (Å²) in [4.78, 5) is 2.47. The monoisotopic (exact) mass is 725 g/mol. The fourth-order valence-electron chi connectivity index (χ4n) is 8.40. The smallest absolute Gasteiger partial charge is 0.0540 e. The van der Waals surface area contributed by atoms with E-state index in [4.69, 9.17) is 0 Å². The van der Waals surface area contributed by atoms with Gasteiger partial charge in [0.2, 0.25) is 0 Å². The Hall–Kier alpha value is -7.48. The van der Waals surface area contributed by atoms with Crippen molar-refractivity contribution in [3.63, 3.8) is 0 Å². The standard InChI is InChI=1S/C56H39N/c1-3-17-40(18-4-1)41-35-37-44(38-36-41)50-28-9-11-33-54(50)57(47-26-13-25-46(39-47)49-30-14-22-42-21-7-8-27-48(42)49)55-34-12-10-29-52(55)53-32-16-24-45-23-15-31-51(56(45)53)43-19-5-2-6-20-43/h1-39H. The molecule has 10 aromatic carbocycles. The molecule has 0 amide bonds. The predicted octanol–water partition coefficient (Wildman–Crippen LogP) is 15.8. The summed E-state index contributed by atoms with van der Waals surface area (Å²) in [5.41, 5.74) is 15.2. The molecule has 0 aliphatic rings. The molecule has 0 aromatic heterocycles. The third-order valence-corrected chi connectivity index (χ3v) is 11.1. The first-order chi connectivity index (χ1) is 28.3. The molecule has 0 radical (unpaired) electrons. The van der Waals surface area contributed by atoms with Crippen LogP contribution >= 0.6 is 0 Å². The number of anilines is 3. The summed E-state index contributed by atoms with van der Waals surface area (Å²) < 4.78 is 0. The largest absolute Gasteiger partial charge is 0.309 e. The number of rotatable bonds is 8. The lowest BCUT2D eigenvalue weighted by atomic mass is 9.90. The third-order valence-electron chi connectivity index (χ3n) is 11.1. The lowest BCUT2D eigenvalue weighted by Gasteiger charge is -2.30. The summed E-state index contributed by atoms with van der Waals surface area (Å²) in [7, 11) is 0. The van der Waals surface area contributed by atoms with Gasteiger partial charge in [0, 0.05) is 16.8 Å². The second kappa shape index (κ2) is 15.0. The molecule has 57 heavy (non-hydrogen) atoms. The van der Waals surface area contributed by atoms with Crippen molar-refractivity contribution in [2.75, 3.05) is 4.90 Å². The van der Waals surface area contributed by atoms with E-state index < -0.39 is 0 Å². The maximum Gasteiger partial charge on any atom is 0.0540 e. The SMILES string of the molecule is c1ccc(-c2ccc(-c3ccccc3N(c3cccc(-c4cccc5ccccc45)c3)c3ccccc3-c3cccc4cccc(-c5ccccc5)c34)cc2)cc1. The first kappa shape index (κ1) is 34.0. The maximum atomic E-state index is 2.47. The van der Waals surface area contributed by atoms with Crippen molar-refractivity contribution in [1.82, 2.24) is 0 Å². The molecule has 0 N–H and O–H groups in total. The minimum Gasteiger partial charge on any atom is -0.309 e. The Morgan fingerprint density at radius 1 is 0.246 bits per heavy atom. The highest BCUT2D eigenvalue weighted by molar-refractivity contribution is 6.09. The van der Waals surface area contributed by atoms with Crippen molar-refractivity contribution in [3.8, 4) is 55.6 Å². The van der Waals surface area contributed by atoms with E-state index in [-0.39, 0.29) is 0 Å². The summed E-state index contributed by atoms with van der Waals surface area (Å²) in [6.07, 6.45) is 0. The van der Waals surface area contributed by atoms with Gasteiger partial charge < -0.3 is 4.90 Å². The van der Waals surface area contributed by atoms with E-state index in [1.54, 1.807) is 0 Å². The first-order valence-corrected chi connectivity index (χ1v) is 19.6. The molecule has 0 bridgehead atoms. The van der Waals surface area contributed by atoms with E-state index in [1.807, 2.05) is 0 Å². The Labute approximate surface area is 334 Å². The summed E-state index contributed by atoms with van der Waals surface area (Å²) >= 11 is 0. The molecular formula is C56H39N. The van der Waals surface area contributed by atoms with Crippen molar-refractivity contribution in [1.29, 1.82) is 0 Å². The molecule has 0 aliphatic heterocycles. The zero-order chi connectivity index (χ0) is 38.0. The van der Waals surface area contributed by atoms with Crippen LogP contribution in [-0.2, 0) is 0 Å². The maximum absolute atomic E-state index is 2.47. The molecule has 0 unspecified atom stereocenters. The average Bonchev–Trinajstić information content (AvgIpc) is 3.30. The van der Waals surface area contributed by atoms with Gasteiger partial charge in [0.25, 0.3) is 0 Å². The molecular weight excluding hydrogens is 687 g/mol. The van der Waals surface area contributed by atoms with Gasteiger partial charge in [-0.05, 0) is 90.3 Å². The van der Waals surface area contributed by atoms with Crippen LogP contribution < -0.4 is 4.90 Å². The lowest BCUT2D eigenvalue weighted by molar-refractivity contribution is 1.28. The molecule has 10 aromatic rings. The van der Waals surface area contributed by atoms with Crippen LogP contribution in [0.15, 0.2) is 237 Å². The highest BCUT2D eigenvalue weighted by atomic mass is 15.1. The molecule has 0 saturated carbocycles. The van der Waals surface area contributed by atoms with Crippen LogP contribution in [0.1, 0.15) is 0 Å². The number of para-hydroxylation sites is 2. The summed E-state index contributed by atoms with van der Waals surface area (Å²) in [6.45, 7) is 0. The molecule has 1 heteroatoms. The Balaban J connectivity index is 1.21. The molecule has 0 spiro atoms. The van der Waals surface area contributed by atoms with Crippen LogP contribution in [0, 0.1) is 0 Å². The molecule has 0 fully saturated rings. The van der Waals surface area contributed by atoms with Crippen LogP contribution in [0.5, 0.6) is 0 Å². The highest BCUT2D eigenvalue weighted by Gasteiger charge is 2.22. The van der Waals surface area contributed by atoms with Gasteiger partial charge in [0.1, 0.15) is 0 Å². The molecule has 0 atom stereocenters. The fraction of sp³-hybridized carbons (Fsp3) is 0. The van der Waals surface area contributed by atoms with Crippen molar-refractivity contribution in [2.24, 2.45) is 0 Å². The van der Waals surface area contributed by atoms with Crippen molar-refractivity contribution in [3.05, 3.63) is 237 Å². The van der Waals surface area contributed by atoms with Crippen LogP contribution in [0.25, 0.3) is 77.2 Å². The van der Waals surface area contributed by atoms with Gasteiger partial charge in [-0.2, -0.15) is 0 Å². The molecule has 10 rings (SSSR count). The zero-order valence-electron chi connectivity index (χ0n) is 31.5. The van der Waals surface area contributed by atoms with Crippen LogP contribution in [0.3, 0.4) is 0 Å². The Kier molecular flexibility index (Phi) is 8.95. The van der Waals surface area contributed by atoms with E-state index in [2.05, 4.69) is 241 Å². The first-order valence-electron chi connectivity index (χ1n) is 19.6. The summed E-state index contributed by atoms with van der Waals surface area (Å²) in [5.74, 6) is 0. The molecule has 0 heterocycles. The van der Waals surface area contributed by atoms with Crippen LogP contribution in [0.4, 0.5) is 17.1 Å². The van der Waals surface area contributed by atoms with E-state index in [0.717, 1.165) is 33.8 Å². The van der Waals surface area contributed by atoms with Gasteiger partial charge in [-0.3, -0.25) is 0 Å². The van der Waals surface area contributed by atoms with Gasteiger partial charge in [0.15, 0.2) is 0 Å². The second-order valence-electron chi connectivity index (χ2n) is 14.5. The Morgan fingerprint density at radius 2 is 0.702 bits per heavy atom. The minimum atomic E-state index is 1.09. The number of hydrogen-bond acceptors (Lipinski definition) is 1. The Morgan fingerprint density at radius 3 is 1.46 bits per heavy atom. The minimum absolute atomic E-state index is 1.09. The van der Waals surface area contributed by atoms with E-state index in [9.17, 15) is 0 Å². The number of nitrogens with zero attached hydrogens (tertiary/aromatic N) is 1. The number of fused-ring (bicyclic) bond motifs is 2. The second-order valence-corrected chi connectivity index (χ2v) is 14.5. The van der Waals surface area contributed by atoms with Crippen LogP contribution in [-0.4, -0.2) is 0 Å². The summed E-state index contributed by atoms with van der Waals surface area (Å²) in [5, 5.41) is 4.93. The number of hydrogen-bond donors (Lipinski definition) is 0. The van der Waals surface area contributed by atoms with Gasteiger partial charge in [-0.25, -0.2) is 0 Å². The van der Waals surface area contributed by atoms with Crippen molar-refractivity contribution >= 4 is 38.6 Å². The Bertz CT molecular complexity index is 2990. The molecule has 1 nitrogen and oxygen atoms in total. The van der Waals surface area contributed by atoms with Gasteiger partial charge in [0.05, 0.1) is 11.4 Å².